The van der Waals surface area contributed by atoms with Crippen LogP contribution in [-0.2, 0) is 4.79 Å². The third kappa shape index (κ3) is 4.31. The van der Waals surface area contributed by atoms with Gasteiger partial charge in [-0.05, 0) is 25.1 Å². The van der Waals surface area contributed by atoms with Crippen molar-refractivity contribution in [3.05, 3.63) is 0 Å². The Hall–Kier alpha value is -0.260. The maximum Gasteiger partial charge on any atom is 0.239 e. The van der Waals surface area contributed by atoms with Gasteiger partial charge in [0.25, 0.3) is 0 Å². The molecule has 1 saturated heterocycles. The highest BCUT2D eigenvalue weighted by Gasteiger charge is 2.29. The molecule has 4 nitrogen and oxygen atoms in total. The number of aliphatic hydroxyl groups is 1. The number of thioether (sulfide) groups is 1. The summed E-state index contributed by atoms with van der Waals surface area (Å²) >= 11 is 1.81. The van der Waals surface area contributed by atoms with E-state index in [0.717, 1.165) is 44.0 Å². The van der Waals surface area contributed by atoms with Crippen molar-refractivity contribution in [1.29, 1.82) is 0 Å². The molecule has 1 aliphatic rings. The Kier molecular flexibility index (Phi) is 6.84. The van der Waals surface area contributed by atoms with Crippen LogP contribution in [0.2, 0.25) is 0 Å². The molecule has 1 unspecified atom stereocenters. The number of amides is 1. The van der Waals surface area contributed by atoms with Gasteiger partial charge in [-0.3, -0.25) is 4.79 Å². The van der Waals surface area contributed by atoms with Crippen LogP contribution in [0.5, 0.6) is 0 Å². The van der Waals surface area contributed by atoms with Crippen molar-refractivity contribution in [3.8, 4) is 0 Å². The van der Waals surface area contributed by atoms with Crippen LogP contribution >= 0.6 is 11.8 Å². The number of nitrogens with one attached hydrogen (secondary N) is 1. The first-order valence-corrected chi connectivity index (χ1v) is 7.15. The van der Waals surface area contributed by atoms with Gasteiger partial charge in [0.05, 0.1) is 6.04 Å². The fraction of sp³-hybridized carbons (Fsp3) is 0.909. The van der Waals surface area contributed by atoms with Crippen LogP contribution in [0.15, 0.2) is 0 Å². The lowest BCUT2D eigenvalue weighted by Gasteiger charge is -2.16. The molecule has 1 heterocycles. The molecular weight excluding hydrogens is 224 g/mol. The van der Waals surface area contributed by atoms with Crippen molar-refractivity contribution in [1.82, 2.24) is 10.2 Å². The molecule has 0 aromatic carbocycles. The van der Waals surface area contributed by atoms with Crippen LogP contribution in [-0.4, -0.2) is 59.7 Å². The van der Waals surface area contributed by atoms with E-state index in [2.05, 4.69) is 5.32 Å². The van der Waals surface area contributed by atoms with E-state index in [1.807, 2.05) is 11.8 Å². The molecule has 94 valence electrons. The third-order valence-electron chi connectivity index (χ3n) is 2.70. The Morgan fingerprint density at radius 3 is 3.06 bits per heavy atom. The van der Waals surface area contributed by atoms with Crippen LogP contribution in [0, 0.1) is 0 Å². The molecule has 1 amide bonds. The summed E-state index contributed by atoms with van der Waals surface area (Å²) in [7, 11) is 0. The standard InChI is InChI=1S/C11H22N2O2S/c1-2-12-10-4-5-13(11(10)15)6-9-16-8-3-7-14/h10,12,14H,2-9H2,1H3. The molecule has 16 heavy (non-hydrogen) atoms. The van der Waals surface area contributed by atoms with Crippen molar-refractivity contribution in [3.63, 3.8) is 0 Å². The van der Waals surface area contributed by atoms with E-state index >= 15 is 0 Å². The normalized spacial score (nSPS) is 20.8. The molecule has 0 aromatic heterocycles. The van der Waals surface area contributed by atoms with E-state index in [0.29, 0.717) is 0 Å². The molecule has 0 saturated carbocycles. The van der Waals surface area contributed by atoms with E-state index in [1.54, 1.807) is 11.8 Å². The number of carbonyl (C=O) groups excluding carboxylic acids is 1. The first kappa shape index (κ1) is 13.8. The minimum atomic E-state index is 0.0486. The fourth-order valence-corrected chi connectivity index (χ4v) is 2.73. The van der Waals surface area contributed by atoms with Gasteiger partial charge in [0.1, 0.15) is 0 Å². The maximum absolute atomic E-state index is 11.8. The zero-order valence-corrected chi connectivity index (χ0v) is 10.8. The molecular formula is C11H22N2O2S. The monoisotopic (exact) mass is 246 g/mol. The van der Waals surface area contributed by atoms with Gasteiger partial charge < -0.3 is 15.3 Å². The summed E-state index contributed by atoms with van der Waals surface area (Å²) in [6, 6.07) is 0.0486. The Balaban J connectivity index is 2.12. The zero-order valence-electron chi connectivity index (χ0n) is 9.95. The van der Waals surface area contributed by atoms with Gasteiger partial charge in [-0.25, -0.2) is 0 Å². The molecule has 0 aromatic rings. The average molecular weight is 246 g/mol. The summed E-state index contributed by atoms with van der Waals surface area (Å²) in [5, 5.41) is 11.8. The smallest absolute Gasteiger partial charge is 0.239 e. The Labute approximate surface area is 102 Å². The molecule has 0 aliphatic carbocycles. The van der Waals surface area contributed by atoms with Crippen molar-refractivity contribution in [2.45, 2.75) is 25.8 Å². The average Bonchev–Trinajstić information content (AvgIpc) is 2.62. The molecule has 2 N–H and O–H groups in total. The van der Waals surface area contributed by atoms with Gasteiger partial charge in [-0.2, -0.15) is 11.8 Å². The lowest BCUT2D eigenvalue weighted by atomic mass is 10.2. The highest BCUT2D eigenvalue weighted by Crippen LogP contribution is 2.12. The summed E-state index contributed by atoms with van der Waals surface area (Å²) in [6.07, 6.45) is 1.78. The predicted octanol–water partition coefficient (Wildman–Crippen LogP) is 0.312. The summed E-state index contributed by atoms with van der Waals surface area (Å²) in [6.45, 7) is 4.88. The second-order valence-corrected chi connectivity index (χ2v) is 5.14. The highest BCUT2D eigenvalue weighted by molar-refractivity contribution is 7.99. The van der Waals surface area contributed by atoms with Crippen molar-refractivity contribution >= 4 is 17.7 Å². The molecule has 5 heteroatoms. The Morgan fingerprint density at radius 2 is 2.38 bits per heavy atom. The van der Waals surface area contributed by atoms with Gasteiger partial charge in [0, 0.05) is 25.4 Å². The van der Waals surface area contributed by atoms with Crippen LogP contribution in [0.4, 0.5) is 0 Å². The number of rotatable bonds is 8. The number of hydrogen-bond donors (Lipinski definition) is 2. The minimum absolute atomic E-state index is 0.0486. The molecule has 1 rings (SSSR count). The topological polar surface area (TPSA) is 52.6 Å². The number of likely N-dealkylation sites (N-methyl/N-ethyl adjacent to an activating group) is 1. The largest absolute Gasteiger partial charge is 0.396 e. The third-order valence-corrected chi connectivity index (χ3v) is 3.75. The predicted molar refractivity (Wildman–Crippen MR) is 67.7 cm³/mol. The summed E-state index contributed by atoms with van der Waals surface area (Å²) in [4.78, 5) is 13.8. The van der Waals surface area contributed by atoms with Crippen LogP contribution < -0.4 is 5.32 Å². The van der Waals surface area contributed by atoms with Crippen molar-refractivity contribution in [2.75, 3.05) is 37.7 Å². The van der Waals surface area contributed by atoms with Crippen LogP contribution in [0.1, 0.15) is 19.8 Å². The van der Waals surface area contributed by atoms with Crippen molar-refractivity contribution < 1.29 is 9.90 Å². The lowest BCUT2D eigenvalue weighted by Crippen LogP contribution is -2.38. The Morgan fingerprint density at radius 1 is 1.56 bits per heavy atom. The van der Waals surface area contributed by atoms with E-state index in [1.165, 1.54) is 0 Å². The summed E-state index contributed by atoms with van der Waals surface area (Å²) < 4.78 is 0. The summed E-state index contributed by atoms with van der Waals surface area (Å²) in [5.74, 6) is 2.21. The van der Waals surface area contributed by atoms with E-state index < -0.39 is 0 Å². The van der Waals surface area contributed by atoms with E-state index in [4.69, 9.17) is 5.11 Å². The van der Waals surface area contributed by atoms with E-state index in [9.17, 15) is 4.79 Å². The number of likely N-dealkylation sites (tertiary alicyclic amines) is 1. The maximum atomic E-state index is 11.8. The highest BCUT2D eigenvalue weighted by atomic mass is 32.2. The van der Waals surface area contributed by atoms with Gasteiger partial charge in [0.2, 0.25) is 5.91 Å². The molecule has 1 atom stereocenters. The second kappa shape index (κ2) is 7.92. The van der Waals surface area contributed by atoms with Crippen LogP contribution in [0.3, 0.4) is 0 Å². The quantitative estimate of drug-likeness (QED) is 0.605. The minimum Gasteiger partial charge on any atom is -0.396 e. The number of aliphatic hydroxyl groups excluding tert-OH is 1. The number of hydrogen-bond acceptors (Lipinski definition) is 4. The molecule has 0 bridgehead atoms. The van der Waals surface area contributed by atoms with Gasteiger partial charge in [0.15, 0.2) is 0 Å². The molecule has 1 fully saturated rings. The molecule has 0 radical (unpaired) electrons. The zero-order chi connectivity index (χ0) is 11.8. The lowest BCUT2D eigenvalue weighted by molar-refractivity contribution is -0.129. The van der Waals surface area contributed by atoms with Gasteiger partial charge in [-0.1, -0.05) is 6.92 Å². The first-order chi connectivity index (χ1) is 7.79. The van der Waals surface area contributed by atoms with Crippen LogP contribution in [0.25, 0.3) is 0 Å². The molecule has 1 aliphatic heterocycles. The SMILES string of the molecule is CCNC1CCN(CCSCCCO)C1=O. The van der Waals surface area contributed by atoms with Gasteiger partial charge in [-0.15, -0.1) is 0 Å². The van der Waals surface area contributed by atoms with Gasteiger partial charge >= 0.3 is 0 Å². The number of nitrogens with zero attached hydrogens (tertiary/aromatic N) is 1. The summed E-state index contributed by atoms with van der Waals surface area (Å²) in [5.41, 5.74) is 0. The van der Waals surface area contributed by atoms with E-state index in [-0.39, 0.29) is 18.6 Å². The van der Waals surface area contributed by atoms with Crippen molar-refractivity contribution in [2.24, 2.45) is 0 Å². The first-order valence-electron chi connectivity index (χ1n) is 6.00. The second-order valence-electron chi connectivity index (χ2n) is 3.91. The number of carbonyl (C=O) groups is 1. The Bertz CT molecular complexity index is 214. The fourth-order valence-electron chi connectivity index (χ4n) is 1.84. The molecule has 0 spiro atoms.